The molecule has 1 fully saturated rings. The second-order valence-corrected chi connectivity index (χ2v) is 9.30. The second-order valence-electron chi connectivity index (χ2n) is 7.45. The van der Waals surface area contributed by atoms with Gasteiger partial charge in [-0.15, -0.1) is 0 Å². The number of nitrogen functional groups attached to an aromatic ring is 1. The van der Waals surface area contributed by atoms with E-state index in [0.29, 0.717) is 23.3 Å². The monoisotopic (exact) mass is 416 g/mol. The molecule has 1 aliphatic heterocycles. The summed E-state index contributed by atoms with van der Waals surface area (Å²) in [6.07, 6.45) is 5.28. The molecule has 0 radical (unpaired) electrons. The lowest BCUT2D eigenvalue weighted by atomic mass is 10.0. The number of rotatable bonds is 4. The van der Waals surface area contributed by atoms with E-state index < -0.39 is 16.1 Å². The van der Waals surface area contributed by atoms with Crippen molar-refractivity contribution in [1.82, 2.24) is 23.9 Å². The molecule has 2 atom stereocenters. The van der Waals surface area contributed by atoms with Crippen molar-refractivity contribution in [1.29, 1.82) is 0 Å². The number of sulfonamides is 1. The van der Waals surface area contributed by atoms with Crippen LogP contribution in [-0.4, -0.2) is 56.1 Å². The number of aliphatic hydroxyl groups excluding tert-OH is 1. The average Bonchev–Trinajstić information content (AvgIpc) is 3.13. The van der Waals surface area contributed by atoms with Crippen molar-refractivity contribution in [2.45, 2.75) is 50.1 Å². The van der Waals surface area contributed by atoms with Crippen LogP contribution >= 0.6 is 0 Å². The summed E-state index contributed by atoms with van der Waals surface area (Å²) in [5.41, 5.74) is 8.50. The van der Waals surface area contributed by atoms with Gasteiger partial charge >= 0.3 is 0 Å². The smallest absolute Gasteiger partial charge is 0.243 e. The summed E-state index contributed by atoms with van der Waals surface area (Å²) < 4.78 is 29.9. The van der Waals surface area contributed by atoms with Gasteiger partial charge < -0.3 is 10.8 Å². The number of piperidine rings is 1. The lowest BCUT2D eigenvalue weighted by Gasteiger charge is -2.38. The van der Waals surface area contributed by atoms with Crippen LogP contribution in [0.25, 0.3) is 16.9 Å². The highest BCUT2D eigenvalue weighted by Crippen LogP contribution is 2.33. The van der Waals surface area contributed by atoms with Gasteiger partial charge in [0.1, 0.15) is 6.33 Å². The molecular formula is C19H24N6O3S. The summed E-state index contributed by atoms with van der Waals surface area (Å²) in [6, 6.07) is 4.45. The molecule has 2 unspecified atom stereocenters. The first-order chi connectivity index (χ1) is 13.8. The topological polar surface area (TPSA) is 127 Å². The largest absolute Gasteiger partial charge is 0.395 e. The van der Waals surface area contributed by atoms with E-state index in [9.17, 15) is 13.5 Å². The number of aromatic nitrogens is 4. The van der Waals surface area contributed by atoms with Crippen LogP contribution in [0.1, 0.15) is 31.7 Å². The van der Waals surface area contributed by atoms with E-state index in [0.717, 1.165) is 18.4 Å². The van der Waals surface area contributed by atoms with Crippen LogP contribution in [0.15, 0.2) is 35.6 Å². The maximum atomic E-state index is 13.5. The third-order valence-electron chi connectivity index (χ3n) is 5.56. The molecule has 3 heterocycles. The zero-order chi connectivity index (χ0) is 20.8. The quantitative estimate of drug-likeness (QED) is 0.661. The number of imidazole rings is 1. The Balaban J connectivity index is 1.83. The third kappa shape index (κ3) is 3.26. The Morgan fingerprint density at radius 1 is 1.28 bits per heavy atom. The van der Waals surface area contributed by atoms with E-state index in [2.05, 4.69) is 15.1 Å². The number of fused-ring (bicyclic) bond motifs is 1. The first-order valence-corrected chi connectivity index (χ1v) is 11.0. The van der Waals surface area contributed by atoms with Crippen LogP contribution in [-0.2, 0) is 10.0 Å². The fourth-order valence-electron chi connectivity index (χ4n) is 4.05. The highest BCUT2D eigenvalue weighted by molar-refractivity contribution is 7.89. The Morgan fingerprint density at radius 2 is 2.07 bits per heavy atom. The summed E-state index contributed by atoms with van der Waals surface area (Å²) in [7, 11) is -3.78. The molecule has 0 saturated carbocycles. The predicted octanol–water partition coefficient (Wildman–Crippen LogP) is 1.61. The number of hydrogen-bond donors (Lipinski definition) is 2. The number of hydrogen-bond acceptors (Lipinski definition) is 7. The third-order valence-corrected chi connectivity index (χ3v) is 7.62. The van der Waals surface area contributed by atoms with Gasteiger partial charge in [0.25, 0.3) is 0 Å². The number of benzene rings is 1. The van der Waals surface area contributed by atoms with Crippen LogP contribution < -0.4 is 5.73 Å². The van der Waals surface area contributed by atoms with Crippen molar-refractivity contribution < 1.29 is 13.5 Å². The van der Waals surface area contributed by atoms with Gasteiger partial charge in [-0.3, -0.25) is 0 Å². The Morgan fingerprint density at radius 3 is 2.83 bits per heavy atom. The number of anilines is 1. The van der Waals surface area contributed by atoms with Gasteiger partial charge in [0.15, 0.2) is 11.5 Å². The fourth-order valence-corrected chi connectivity index (χ4v) is 5.94. The minimum absolute atomic E-state index is 0.168. The van der Waals surface area contributed by atoms with E-state index in [-0.39, 0.29) is 23.4 Å². The zero-order valence-electron chi connectivity index (χ0n) is 16.4. The lowest BCUT2D eigenvalue weighted by molar-refractivity contribution is 0.123. The van der Waals surface area contributed by atoms with E-state index in [1.165, 1.54) is 10.6 Å². The molecule has 4 rings (SSSR count). The highest BCUT2D eigenvalue weighted by atomic mass is 32.2. The molecule has 1 aromatic carbocycles. The number of aliphatic hydroxyl groups is 1. The summed E-state index contributed by atoms with van der Waals surface area (Å²) >= 11 is 0. The second kappa shape index (κ2) is 7.36. The summed E-state index contributed by atoms with van der Waals surface area (Å²) in [5, 5.41) is 13.9. The molecule has 10 heteroatoms. The van der Waals surface area contributed by atoms with Crippen LogP contribution in [0.5, 0.6) is 0 Å². The first-order valence-electron chi connectivity index (χ1n) is 9.54. The Hall–Kier alpha value is -2.56. The molecule has 0 amide bonds. The molecule has 2 aromatic heterocycles. The molecule has 9 nitrogen and oxygen atoms in total. The summed E-state index contributed by atoms with van der Waals surface area (Å²) in [4.78, 5) is 8.40. The van der Waals surface area contributed by atoms with Crippen LogP contribution in [0, 0.1) is 6.92 Å². The van der Waals surface area contributed by atoms with Crippen molar-refractivity contribution in [3.8, 4) is 11.3 Å². The van der Waals surface area contributed by atoms with E-state index >= 15 is 0 Å². The van der Waals surface area contributed by atoms with Crippen molar-refractivity contribution in [3.63, 3.8) is 0 Å². The van der Waals surface area contributed by atoms with Crippen LogP contribution in [0.3, 0.4) is 0 Å². The van der Waals surface area contributed by atoms with Gasteiger partial charge in [0.2, 0.25) is 10.0 Å². The van der Waals surface area contributed by atoms with Crippen molar-refractivity contribution in [3.05, 3.63) is 36.3 Å². The molecule has 1 saturated heterocycles. The first kappa shape index (κ1) is 19.7. The van der Waals surface area contributed by atoms with E-state index in [1.54, 1.807) is 28.9 Å². The molecule has 0 bridgehead atoms. The highest BCUT2D eigenvalue weighted by Gasteiger charge is 2.37. The van der Waals surface area contributed by atoms with Crippen LogP contribution in [0.4, 0.5) is 5.82 Å². The van der Waals surface area contributed by atoms with Gasteiger partial charge in [-0.2, -0.15) is 9.40 Å². The molecule has 3 aromatic rings. The Bertz CT molecular complexity index is 1160. The van der Waals surface area contributed by atoms with Gasteiger partial charge in [-0.05, 0) is 44.4 Å². The fraction of sp³-hybridized carbons (Fsp3) is 0.421. The van der Waals surface area contributed by atoms with Crippen LogP contribution in [0.2, 0.25) is 0 Å². The maximum Gasteiger partial charge on any atom is 0.243 e. The molecule has 3 N–H and O–H groups in total. The van der Waals surface area contributed by atoms with Gasteiger partial charge in [0.05, 0.1) is 23.4 Å². The molecule has 29 heavy (non-hydrogen) atoms. The lowest BCUT2D eigenvalue weighted by Crippen LogP contribution is -2.50. The number of nitrogens with two attached hydrogens (primary N) is 1. The number of aryl methyl sites for hydroxylation is 1. The summed E-state index contributed by atoms with van der Waals surface area (Å²) in [5.74, 6) is 0.251. The van der Waals surface area contributed by atoms with Gasteiger partial charge in [-0.25, -0.2) is 22.9 Å². The number of nitrogens with zero attached hydrogens (tertiary/aromatic N) is 5. The van der Waals surface area contributed by atoms with Gasteiger partial charge in [-0.1, -0.05) is 12.5 Å². The average molecular weight is 417 g/mol. The van der Waals surface area contributed by atoms with E-state index in [1.807, 2.05) is 13.8 Å². The minimum atomic E-state index is -3.78. The molecule has 1 aliphatic rings. The zero-order valence-corrected chi connectivity index (χ0v) is 17.2. The minimum Gasteiger partial charge on any atom is -0.395 e. The normalized spacial score (nSPS) is 20.9. The van der Waals surface area contributed by atoms with Crippen molar-refractivity contribution in [2.24, 2.45) is 0 Å². The predicted molar refractivity (Wildman–Crippen MR) is 109 cm³/mol. The van der Waals surface area contributed by atoms with Crippen molar-refractivity contribution >= 4 is 21.5 Å². The molecule has 154 valence electrons. The Labute approximate surface area is 169 Å². The summed E-state index contributed by atoms with van der Waals surface area (Å²) in [6.45, 7) is 3.60. The molecule has 0 spiro atoms. The van der Waals surface area contributed by atoms with E-state index in [4.69, 9.17) is 5.73 Å². The maximum absolute atomic E-state index is 13.5. The molecular weight excluding hydrogens is 392 g/mol. The molecule has 0 aliphatic carbocycles. The van der Waals surface area contributed by atoms with Crippen molar-refractivity contribution in [2.75, 3.05) is 12.3 Å². The Kier molecular flexibility index (Phi) is 5.01. The SMILES string of the molecule is Cc1ccc(S(=O)(=O)N2C(C)CCCC2CO)cc1-c1cnc2c(N)ncnn12. The standard InChI is InChI=1S/C19H24N6O3S/c1-12-6-7-15(29(27,28)25-13(2)4-3-5-14(25)10-26)8-16(12)17-9-21-19-18(20)22-11-23-24(17)19/h6-9,11,13-14,26H,3-5,10H2,1-2H3,(H2,20,22,23). The van der Waals surface area contributed by atoms with Gasteiger partial charge in [0, 0.05) is 17.6 Å².